The van der Waals surface area contributed by atoms with Crippen molar-refractivity contribution in [2.24, 2.45) is 0 Å². The van der Waals surface area contributed by atoms with E-state index in [1.165, 1.54) is 18.7 Å². The van der Waals surface area contributed by atoms with Gasteiger partial charge in [0.25, 0.3) is 0 Å². The molecule has 1 amide bonds. The van der Waals surface area contributed by atoms with E-state index >= 15 is 0 Å². The van der Waals surface area contributed by atoms with Crippen molar-refractivity contribution in [3.63, 3.8) is 0 Å². The summed E-state index contributed by atoms with van der Waals surface area (Å²) in [6.45, 7) is 1.31. The number of methoxy groups -OCH3 is 1. The number of carboxylic acids is 1. The Labute approximate surface area is 116 Å². The fourth-order valence-corrected chi connectivity index (χ4v) is 2.44. The van der Waals surface area contributed by atoms with Crippen LogP contribution in [0.4, 0.5) is 0 Å². The summed E-state index contributed by atoms with van der Waals surface area (Å²) in [5, 5.41) is 11.3. The normalized spacial score (nSPS) is 11.7. The second-order valence-electron chi connectivity index (χ2n) is 3.95. The number of carboxylic acid groups (broad SMARTS) is 1. The quantitative estimate of drug-likeness (QED) is 0.793. The molecule has 1 aromatic carbocycles. The Kier molecular flexibility index (Phi) is 6.21. The number of carbonyl (C=O) groups is 2. The topological polar surface area (TPSA) is 75.6 Å². The molecule has 0 aromatic heterocycles. The Morgan fingerprint density at radius 3 is 2.47 bits per heavy atom. The van der Waals surface area contributed by atoms with E-state index in [1.54, 1.807) is 7.11 Å². The number of amides is 1. The van der Waals surface area contributed by atoms with E-state index in [2.05, 4.69) is 5.32 Å². The molecule has 0 bridgehead atoms. The van der Waals surface area contributed by atoms with Crippen molar-refractivity contribution >= 4 is 23.6 Å². The maximum Gasteiger partial charge on any atom is 0.327 e. The summed E-state index contributed by atoms with van der Waals surface area (Å²) in [7, 11) is 1.61. The van der Waals surface area contributed by atoms with Crippen molar-refractivity contribution in [1.82, 2.24) is 5.32 Å². The number of hydrogen-bond donors (Lipinski definition) is 2. The molecule has 104 valence electrons. The van der Waals surface area contributed by atoms with E-state index in [4.69, 9.17) is 9.84 Å². The van der Waals surface area contributed by atoms with Crippen LogP contribution >= 0.6 is 11.8 Å². The summed E-state index contributed by atoms with van der Waals surface area (Å²) >= 11 is 1.46. The standard InChI is InChI=1S/C13H17NO4S/c1-9(15)14-12(13(16)17)8-19-7-10-3-5-11(18-2)6-4-10/h3-6,12H,7-8H2,1-2H3,(H,14,15)(H,16,17). The molecule has 0 aliphatic rings. The summed E-state index contributed by atoms with van der Waals surface area (Å²) in [6, 6.07) is 6.73. The van der Waals surface area contributed by atoms with Crippen molar-refractivity contribution in [3.05, 3.63) is 29.8 Å². The third-order valence-corrected chi connectivity index (χ3v) is 3.49. The molecule has 0 fully saturated rings. The highest BCUT2D eigenvalue weighted by Gasteiger charge is 2.17. The fourth-order valence-electron chi connectivity index (χ4n) is 1.44. The van der Waals surface area contributed by atoms with Gasteiger partial charge in [-0.25, -0.2) is 4.79 Å². The molecule has 2 N–H and O–H groups in total. The Hall–Kier alpha value is -1.69. The smallest absolute Gasteiger partial charge is 0.327 e. The summed E-state index contributed by atoms with van der Waals surface area (Å²) in [4.78, 5) is 21.8. The van der Waals surface area contributed by atoms with Gasteiger partial charge in [0, 0.05) is 18.4 Å². The molecule has 1 atom stereocenters. The maximum atomic E-state index is 10.9. The molecule has 0 aliphatic carbocycles. The second-order valence-corrected chi connectivity index (χ2v) is 4.98. The third-order valence-electron chi connectivity index (χ3n) is 2.39. The lowest BCUT2D eigenvalue weighted by Crippen LogP contribution is -2.41. The van der Waals surface area contributed by atoms with Gasteiger partial charge in [-0.1, -0.05) is 12.1 Å². The number of nitrogens with one attached hydrogen (secondary N) is 1. The zero-order valence-corrected chi connectivity index (χ0v) is 11.7. The van der Waals surface area contributed by atoms with Crippen LogP contribution in [0.2, 0.25) is 0 Å². The van der Waals surface area contributed by atoms with Crippen molar-refractivity contribution in [3.8, 4) is 5.75 Å². The Morgan fingerprint density at radius 1 is 1.37 bits per heavy atom. The van der Waals surface area contributed by atoms with E-state index in [1.807, 2.05) is 24.3 Å². The number of hydrogen-bond acceptors (Lipinski definition) is 4. The van der Waals surface area contributed by atoms with Crippen LogP contribution in [0.5, 0.6) is 5.75 Å². The molecule has 5 nitrogen and oxygen atoms in total. The van der Waals surface area contributed by atoms with Gasteiger partial charge in [-0.15, -0.1) is 0 Å². The highest BCUT2D eigenvalue weighted by atomic mass is 32.2. The van der Waals surface area contributed by atoms with Crippen LogP contribution in [0.25, 0.3) is 0 Å². The van der Waals surface area contributed by atoms with E-state index in [0.29, 0.717) is 11.5 Å². The lowest BCUT2D eigenvalue weighted by Gasteiger charge is -2.12. The molecule has 1 unspecified atom stereocenters. The second kappa shape index (κ2) is 7.68. The van der Waals surface area contributed by atoms with Crippen LogP contribution in [0.1, 0.15) is 12.5 Å². The van der Waals surface area contributed by atoms with Crippen molar-refractivity contribution in [2.75, 3.05) is 12.9 Å². The number of ether oxygens (including phenoxy) is 1. The number of aliphatic carboxylic acids is 1. The molecule has 0 saturated carbocycles. The third kappa shape index (κ3) is 5.65. The molecule has 0 heterocycles. The molecule has 0 aliphatic heterocycles. The van der Waals surface area contributed by atoms with Gasteiger partial charge in [-0.05, 0) is 17.7 Å². The number of thioether (sulfide) groups is 1. The van der Waals surface area contributed by atoms with Crippen LogP contribution in [-0.4, -0.2) is 35.9 Å². The summed E-state index contributed by atoms with van der Waals surface area (Å²) in [5.41, 5.74) is 1.08. The van der Waals surface area contributed by atoms with Gasteiger partial charge in [0.1, 0.15) is 11.8 Å². The van der Waals surface area contributed by atoms with Crippen LogP contribution in [0.15, 0.2) is 24.3 Å². The minimum Gasteiger partial charge on any atom is -0.497 e. The predicted molar refractivity (Wildman–Crippen MR) is 74.4 cm³/mol. The highest BCUT2D eigenvalue weighted by Crippen LogP contribution is 2.17. The fraction of sp³-hybridized carbons (Fsp3) is 0.385. The predicted octanol–water partition coefficient (Wildman–Crippen LogP) is 1.52. The molecule has 0 radical (unpaired) electrons. The largest absolute Gasteiger partial charge is 0.497 e. The highest BCUT2D eigenvalue weighted by molar-refractivity contribution is 7.98. The number of benzene rings is 1. The van der Waals surface area contributed by atoms with Crippen molar-refractivity contribution < 1.29 is 19.4 Å². The van der Waals surface area contributed by atoms with Crippen LogP contribution in [0.3, 0.4) is 0 Å². The lowest BCUT2D eigenvalue weighted by molar-refractivity contribution is -0.140. The van der Waals surface area contributed by atoms with Crippen LogP contribution in [-0.2, 0) is 15.3 Å². The van der Waals surface area contributed by atoms with Gasteiger partial charge >= 0.3 is 5.97 Å². The lowest BCUT2D eigenvalue weighted by atomic mass is 10.2. The van der Waals surface area contributed by atoms with Crippen molar-refractivity contribution in [1.29, 1.82) is 0 Å². The van der Waals surface area contributed by atoms with E-state index in [-0.39, 0.29) is 5.91 Å². The monoisotopic (exact) mass is 283 g/mol. The molecule has 0 saturated heterocycles. The van der Waals surface area contributed by atoms with Crippen molar-refractivity contribution in [2.45, 2.75) is 18.7 Å². The van der Waals surface area contributed by atoms with Crippen LogP contribution in [0, 0.1) is 0 Å². The Bertz CT molecular complexity index is 433. The Morgan fingerprint density at radius 2 is 2.00 bits per heavy atom. The van der Waals surface area contributed by atoms with Crippen LogP contribution < -0.4 is 10.1 Å². The first-order valence-electron chi connectivity index (χ1n) is 5.73. The average molecular weight is 283 g/mol. The molecule has 6 heteroatoms. The first-order valence-corrected chi connectivity index (χ1v) is 6.89. The summed E-state index contributed by atoms with van der Waals surface area (Å²) in [5.74, 6) is 0.458. The zero-order chi connectivity index (χ0) is 14.3. The van der Waals surface area contributed by atoms with Gasteiger partial charge in [0.2, 0.25) is 5.91 Å². The number of carbonyl (C=O) groups excluding carboxylic acids is 1. The summed E-state index contributed by atoms with van der Waals surface area (Å²) in [6.07, 6.45) is 0. The first kappa shape index (κ1) is 15.4. The first-order chi connectivity index (χ1) is 9.02. The maximum absolute atomic E-state index is 10.9. The SMILES string of the molecule is COc1ccc(CSCC(NC(C)=O)C(=O)O)cc1. The molecule has 19 heavy (non-hydrogen) atoms. The summed E-state index contributed by atoms with van der Waals surface area (Å²) < 4.78 is 5.06. The minimum atomic E-state index is -1.02. The van der Waals surface area contributed by atoms with Gasteiger partial charge < -0.3 is 15.2 Å². The van der Waals surface area contributed by atoms with Gasteiger partial charge in [0.15, 0.2) is 0 Å². The minimum absolute atomic E-state index is 0.334. The molecular weight excluding hydrogens is 266 g/mol. The van der Waals surface area contributed by atoms with E-state index in [9.17, 15) is 9.59 Å². The number of rotatable bonds is 7. The average Bonchev–Trinajstić information content (AvgIpc) is 2.37. The molecule has 1 rings (SSSR count). The zero-order valence-electron chi connectivity index (χ0n) is 10.9. The van der Waals surface area contributed by atoms with Gasteiger partial charge in [-0.2, -0.15) is 11.8 Å². The van der Waals surface area contributed by atoms with E-state index < -0.39 is 12.0 Å². The molecular formula is C13H17NO4S. The molecule has 0 spiro atoms. The Balaban J connectivity index is 2.42. The van der Waals surface area contributed by atoms with E-state index in [0.717, 1.165) is 11.3 Å². The van der Waals surface area contributed by atoms with Gasteiger partial charge in [0.05, 0.1) is 7.11 Å². The van der Waals surface area contributed by atoms with Gasteiger partial charge in [-0.3, -0.25) is 4.79 Å². The molecule has 1 aromatic rings.